The zero-order valence-corrected chi connectivity index (χ0v) is 15.0. The lowest BCUT2D eigenvalue weighted by molar-refractivity contribution is -0.119. The lowest BCUT2D eigenvalue weighted by Crippen LogP contribution is -2.38. The smallest absolute Gasteiger partial charge is 0.237 e. The van der Waals surface area contributed by atoms with E-state index in [1.165, 1.54) is 6.42 Å². The van der Waals surface area contributed by atoms with Gasteiger partial charge in [-0.25, -0.2) is 0 Å². The molecule has 1 saturated heterocycles. The molecule has 0 radical (unpaired) electrons. The van der Waals surface area contributed by atoms with Gasteiger partial charge in [0.05, 0.1) is 18.8 Å². The molecule has 3 N–H and O–H groups in total. The summed E-state index contributed by atoms with van der Waals surface area (Å²) in [5.74, 6) is 0.169. The van der Waals surface area contributed by atoms with Gasteiger partial charge in [0.1, 0.15) is 0 Å². The maximum Gasteiger partial charge on any atom is 0.237 e. The lowest BCUT2D eigenvalue weighted by Gasteiger charge is -2.27. The van der Waals surface area contributed by atoms with Crippen molar-refractivity contribution in [3.63, 3.8) is 0 Å². The van der Waals surface area contributed by atoms with Crippen LogP contribution in [0.4, 0.5) is 0 Å². The van der Waals surface area contributed by atoms with Crippen molar-refractivity contribution in [3.8, 4) is 0 Å². The largest absolute Gasteiger partial charge is 0.378 e. The van der Waals surface area contributed by atoms with Gasteiger partial charge in [-0.3, -0.25) is 4.79 Å². The highest BCUT2D eigenvalue weighted by molar-refractivity contribution is 5.79. The van der Waals surface area contributed by atoms with Crippen LogP contribution in [0, 0.1) is 5.92 Å². The number of unbranched alkanes of at least 4 members (excludes halogenated alkanes) is 1. The topological polar surface area (TPSA) is 73.6 Å². The van der Waals surface area contributed by atoms with Gasteiger partial charge in [-0.1, -0.05) is 32.8 Å². The Labute approximate surface area is 141 Å². The first-order valence-electron chi connectivity index (χ1n) is 8.96. The molecule has 0 spiro atoms. The highest BCUT2D eigenvalue weighted by atomic mass is 16.5. The Kier molecular flexibility index (Phi) is 10.2. The molecule has 23 heavy (non-hydrogen) atoms. The minimum atomic E-state index is -0.175. The van der Waals surface area contributed by atoms with Crippen molar-refractivity contribution < 1.29 is 14.3 Å². The van der Waals surface area contributed by atoms with Gasteiger partial charge in [0.2, 0.25) is 5.91 Å². The number of carbonyl (C=O) groups excluding carboxylic acids is 1. The Morgan fingerprint density at radius 1 is 1.48 bits per heavy atom. The molecule has 5 nitrogen and oxygen atoms in total. The van der Waals surface area contributed by atoms with E-state index in [4.69, 9.17) is 15.2 Å². The molecule has 1 fully saturated rings. The van der Waals surface area contributed by atoms with Crippen molar-refractivity contribution >= 4 is 5.91 Å². The predicted molar refractivity (Wildman–Crippen MR) is 93.0 cm³/mol. The number of nitrogens with one attached hydrogen (secondary N) is 1. The summed E-state index contributed by atoms with van der Waals surface area (Å²) in [4.78, 5) is 11.8. The average molecular weight is 326 g/mol. The molecule has 0 aromatic heterocycles. The van der Waals surface area contributed by atoms with E-state index < -0.39 is 0 Å². The Balaban J connectivity index is 2.76. The molecule has 0 saturated carbocycles. The minimum Gasteiger partial charge on any atom is -0.378 e. The molecule has 1 heterocycles. The van der Waals surface area contributed by atoms with Crippen molar-refractivity contribution in [3.05, 3.63) is 11.8 Å². The molecule has 5 heteroatoms. The third-order valence-electron chi connectivity index (χ3n) is 4.43. The number of carbonyl (C=O) groups is 1. The van der Waals surface area contributed by atoms with Crippen molar-refractivity contribution in [2.45, 2.75) is 71.0 Å². The minimum absolute atomic E-state index is 0.0168. The Morgan fingerprint density at radius 2 is 2.26 bits per heavy atom. The van der Waals surface area contributed by atoms with Crippen LogP contribution in [0.1, 0.15) is 58.8 Å². The number of ether oxygens (including phenoxy) is 2. The first kappa shape index (κ1) is 20.1. The summed E-state index contributed by atoms with van der Waals surface area (Å²) in [6.45, 7) is 5.17. The van der Waals surface area contributed by atoms with Gasteiger partial charge in [0.15, 0.2) is 0 Å². The highest BCUT2D eigenvalue weighted by Gasteiger charge is 2.23. The van der Waals surface area contributed by atoms with E-state index in [0.29, 0.717) is 5.92 Å². The highest BCUT2D eigenvalue weighted by Crippen LogP contribution is 2.22. The van der Waals surface area contributed by atoms with Crippen LogP contribution in [-0.4, -0.2) is 38.4 Å². The summed E-state index contributed by atoms with van der Waals surface area (Å²) < 4.78 is 11.5. The molecule has 0 aliphatic carbocycles. The van der Waals surface area contributed by atoms with Gasteiger partial charge in [0.25, 0.3) is 0 Å². The normalized spacial score (nSPS) is 21.7. The maximum absolute atomic E-state index is 11.8. The fourth-order valence-electron chi connectivity index (χ4n) is 3.05. The van der Waals surface area contributed by atoms with Gasteiger partial charge in [-0.15, -0.1) is 0 Å². The standard InChI is InChI=1S/C18H34N2O3/c1-4-5-8-14(2)18(22-3)16(20-17(21)13-19)11-10-15-9-6-7-12-23-15/h11,14-15,18H,4-10,12-13,19H2,1-3H3,(H,20,21)/t14-,15-,18-/m0/s1. The third-order valence-corrected chi connectivity index (χ3v) is 4.43. The second-order valence-electron chi connectivity index (χ2n) is 6.41. The molecule has 1 aliphatic heterocycles. The number of nitrogens with two attached hydrogens (primary N) is 1. The zero-order chi connectivity index (χ0) is 17.1. The van der Waals surface area contributed by atoms with Gasteiger partial charge in [-0.05, 0) is 38.0 Å². The summed E-state index contributed by atoms with van der Waals surface area (Å²) in [7, 11) is 1.70. The van der Waals surface area contributed by atoms with Crippen LogP contribution >= 0.6 is 0 Å². The molecular formula is C18H34N2O3. The molecule has 1 aliphatic rings. The van der Waals surface area contributed by atoms with Crippen LogP contribution < -0.4 is 11.1 Å². The molecule has 0 unspecified atom stereocenters. The molecule has 0 bridgehead atoms. The first-order chi connectivity index (χ1) is 11.1. The molecule has 0 aromatic rings. The summed E-state index contributed by atoms with van der Waals surface area (Å²) in [5, 5.41) is 2.93. The average Bonchev–Trinajstić information content (AvgIpc) is 2.58. The molecule has 134 valence electrons. The number of rotatable bonds is 10. The molecule has 1 amide bonds. The van der Waals surface area contributed by atoms with E-state index in [1.807, 2.05) is 0 Å². The second-order valence-corrected chi connectivity index (χ2v) is 6.41. The summed E-state index contributed by atoms with van der Waals surface area (Å²) >= 11 is 0. The molecule has 0 aromatic carbocycles. The summed E-state index contributed by atoms with van der Waals surface area (Å²) in [6.07, 6.45) is 9.84. The predicted octanol–water partition coefficient (Wildman–Crippen LogP) is 2.75. The van der Waals surface area contributed by atoms with Gasteiger partial charge in [-0.2, -0.15) is 0 Å². The Morgan fingerprint density at radius 3 is 2.83 bits per heavy atom. The molecular weight excluding hydrogens is 292 g/mol. The third kappa shape index (κ3) is 7.46. The van der Waals surface area contributed by atoms with Crippen LogP contribution in [0.25, 0.3) is 0 Å². The van der Waals surface area contributed by atoms with E-state index in [0.717, 1.165) is 50.8 Å². The van der Waals surface area contributed by atoms with E-state index >= 15 is 0 Å². The fraction of sp³-hybridized carbons (Fsp3) is 0.833. The van der Waals surface area contributed by atoms with Gasteiger partial charge < -0.3 is 20.5 Å². The van der Waals surface area contributed by atoms with Crippen LogP contribution in [-0.2, 0) is 14.3 Å². The SMILES string of the molecule is CCCC[C@H](C)[C@H](OC)C(=CC[C@@H]1CCCCO1)NC(=O)CN. The van der Waals surface area contributed by atoms with E-state index in [1.54, 1.807) is 7.11 Å². The maximum atomic E-state index is 11.8. The number of methoxy groups -OCH3 is 1. The van der Waals surface area contributed by atoms with E-state index in [-0.39, 0.29) is 24.7 Å². The lowest BCUT2D eigenvalue weighted by atomic mass is 9.94. The van der Waals surface area contributed by atoms with Crippen molar-refractivity contribution in [1.82, 2.24) is 5.32 Å². The Bertz CT molecular complexity index is 365. The van der Waals surface area contributed by atoms with Crippen molar-refractivity contribution in [2.75, 3.05) is 20.3 Å². The first-order valence-corrected chi connectivity index (χ1v) is 8.96. The van der Waals surface area contributed by atoms with Crippen LogP contribution in [0.3, 0.4) is 0 Å². The van der Waals surface area contributed by atoms with Crippen molar-refractivity contribution in [1.29, 1.82) is 0 Å². The van der Waals surface area contributed by atoms with Crippen LogP contribution in [0.15, 0.2) is 11.8 Å². The van der Waals surface area contributed by atoms with Crippen LogP contribution in [0.2, 0.25) is 0 Å². The second kappa shape index (κ2) is 11.6. The van der Waals surface area contributed by atoms with E-state index in [2.05, 4.69) is 25.2 Å². The van der Waals surface area contributed by atoms with Gasteiger partial charge >= 0.3 is 0 Å². The number of amides is 1. The summed E-state index contributed by atoms with van der Waals surface area (Å²) in [5.41, 5.74) is 6.29. The van der Waals surface area contributed by atoms with E-state index in [9.17, 15) is 4.79 Å². The summed E-state index contributed by atoms with van der Waals surface area (Å²) in [6, 6.07) is 0. The Hall–Kier alpha value is -0.910. The monoisotopic (exact) mass is 326 g/mol. The quantitative estimate of drug-likeness (QED) is 0.647. The number of hydrogen-bond acceptors (Lipinski definition) is 4. The molecule has 3 atom stereocenters. The van der Waals surface area contributed by atoms with Gasteiger partial charge in [0, 0.05) is 19.4 Å². The fourth-order valence-corrected chi connectivity index (χ4v) is 3.05. The number of hydrogen-bond donors (Lipinski definition) is 2. The molecule has 1 rings (SSSR count). The van der Waals surface area contributed by atoms with Crippen LogP contribution in [0.5, 0.6) is 0 Å². The van der Waals surface area contributed by atoms with Crippen molar-refractivity contribution in [2.24, 2.45) is 11.7 Å². The zero-order valence-electron chi connectivity index (χ0n) is 15.0.